The second kappa shape index (κ2) is 5.85. The number of rotatable bonds is 2. The Kier molecular flexibility index (Phi) is 4.38. The molecule has 0 bridgehead atoms. The molecule has 1 atom stereocenters. The van der Waals surface area contributed by atoms with Gasteiger partial charge in [-0.15, -0.1) is 0 Å². The normalized spacial score (nSPS) is 19.3. The Morgan fingerprint density at radius 2 is 2.26 bits per heavy atom. The zero-order valence-electron chi connectivity index (χ0n) is 11.8. The molecule has 4 heteroatoms. The maximum Gasteiger partial charge on any atom is 0.0621 e. The van der Waals surface area contributed by atoms with E-state index >= 15 is 0 Å². The number of hydrogen-bond acceptors (Lipinski definition) is 3. The van der Waals surface area contributed by atoms with Gasteiger partial charge in [0, 0.05) is 30.7 Å². The first kappa shape index (κ1) is 14.2. The largest absolute Gasteiger partial charge is 0.397 e. The smallest absolute Gasteiger partial charge is 0.0621 e. The zero-order valence-corrected chi connectivity index (χ0v) is 12.6. The Balaban J connectivity index is 2.28. The lowest BCUT2D eigenvalue weighted by atomic mass is 10.1. The SMILES string of the molecule is CC(C)=CCN1Cc2cc(Cl)cc(N)c2NC[C@@H]1C. The molecule has 3 N–H and O–H groups in total. The van der Waals surface area contributed by atoms with E-state index < -0.39 is 0 Å². The minimum atomic E-state index is 0.459. The van der Waals surface area contributed by atoms with Crippen LogP contribution in [0.25, 0.3) is 0 Å². The van der Waals surface area contributed by atoms with Gasteiger partial charge in [-0.05, 0) is 38.5 Å². The first-order valence-corrected chi connectivity index (χ1v) is 7.04. The van der Waals surface area contributed by atoms with Crippen molar-refractivity contribution in [2.24, 2.45) is 0 Å². The van der Waals surface area contributed by atoms with Gasteiger partial charge in [0.15, 0.2) is 0 Å². The van der Waals surface area contributed by atoms with Gasteiger partial charge in [0.05, 0.1) is 11.4 Å². The van der Waals surface area contributed by atoms with E-state index in [4.69, 9.17) is 17.3 Å². The van der Waals surface area contributed by atoms with Gasteiger partial charge in [0.1, 0.15) is 0 Å². The summed E-state index contributed by atoms with van der Waals surface area (Å²) in [5.41, 5.74) is 10.3. The number of benzene rings is 1. The Hall–Kier alpha value is -1.19. The fourth-order valence-corrected chi connectivity index (χ4v) is 2.57. The van der Waals surface area contributed by atoms with E-state index in [1.54, 1.807) is 0 Å². The van der Waals surface area contributed by atoms with E-state index in [9.17, 15) is 0 Å². The van der Waals surface area contributed by atoms with Crippen LogP contribution in [0.15, 0.2) is 23.8 Å². The first-order chi connectivity index (χ1) is 8.97. The molecule has 19 heavy (non-hydrogen) atoms. The number of nitrogens with one attached hydrogen (secondary N) is 1. The molecule has 0 saturated carbocycles. The molecule has 1 aliphatic heterocycles. The van der Waals surface area contributed by atoms with Crippen LogP contribution in [0.1, 0.15) is 26.3 Å². The zero-order chi connectivity index (χ0) is 14.0. The topological polar surface area (TPSA) is 41.3 Å². The molecule has 0 aliphatic carbocycles. The average Bonchev–Trinajstić information content (AvgIpc) is 2.46. The second-order valence-electron chi connectivity index (χ2n) is 5.47. The van der Waals surface area contributed by atoms with Crippen molar-refractivity contribution in [3.05, 3.63) is 34.4 Å². The number of halogens is 1. The van der Waals surface area contributed by atoms with Crippen LogP contribution >= 0.6 is 11.6 Å². The fourth-order valence-electron chi connectivity index (χ4n) is 2.32. The van der Waals surface area contributed by atoms with Crippen molar-refractivity contribution in [1.29, 1.82) is 0 Å². The summed E-state index contributed by atoms with van der Waals surface area (Å²) in [5.74, 6) is 0. The Morgan fingerprint density at radius 3 is 2.95 bits per heavy atom. The van der Waals surface area contributed by atoms with Gasteiger partial charge in [-0.2, -0.15) is 0 Å². The lowest BCUT2D eigenvalue weighted by Crippen LogP contribution is -2.35. The molecule has 0 radical (unpaired) electrons. The maximum atomic E-state index is 6.11. The summed E-state index contributed by atoms with van der Waals surface area (Å²) in [6, 6.07) is 4.28. The molecule has 1 aromatic rings. The fraction of sp³-hybridized carbons (Fsp3) is 0.467. The molecule has 0 fully saturated rings. The number of anilines is 2. The second-order valence-corrected chi connectivity index (χ2v) is 5.91. The Bertz CT molecular complexity index is 492. The number of nitrogen functional groups attached to an aromatic ring is 1. The molecule has 104 valence electrons. The maximum absolute atomic E-state index is 6.11. The van der Waals surface area contributed by atoms with Crippen LogP contribution in [0.3, 0.4) is 0 Å². The van der Waals surface area contributed by atoms with Gasteiger partial charge in [-0.25, -0.2) is 0 Å². The van der Waals surface area contributed by atoms with Crippen LogP contribution in [0.4, 0.5) is 11.4 Å². The van der Waals surface area contributed by atoms with Crippen LogP contribution < -0.4 is 11.1 Å². The molecule has 0 aromatic heterocycles. The van der Waals surface area contributed by atoms with Crippen molar-refractivity contribution in [2.75, 3.05) is 24.1 Å². The summed E-state index contributed by atoms with van der Waals surface area (Å²) in [4.78, 5) is 2.43. The summed E-state index contributed by atoms with van der Waals surface area (Å²) in [6.45, 7) is 9.22. The van der Waals surface area contributed by atoms with Crippen LogP contribution in [-0.2, 0) is 6.54 Å². The summed E-state index contributed by atoms with van der Waals surface area (Å²) in [6.07, 6.45) is 2.26. The lowest BCUT2D eigenvalue weighted by molar-refractivity contribution is 0.236. The number of nitrogens with two attached hydrogens (primary N) is 1. The predicted octanol–water partition coefficient (Wildman–Crippen LogP) is 3.50. The van der Waals surface area contributed by atoms with E-state index in [1.807, 2.05) is 12.1 Å². The standard InChI is InChI=1S/C15H22ClN3/c1-10(2)4-5-19-9-12-6-13(16)7-14(17)15(12)18-8-11(19)3/h4,6-7,11,18H,5,8-9,17H2,1-3H3/t11-/m0/s1. The molecule has 0 amide bonds. The van der Waals surface area contributed by atoms with E-state index in [0.29, 0.717) is 11.1 Å². The van der Waals surface area contributed by atoms with Gasteiger partial charge in [0.2, 0.25) is 0 Å². The van der Waals surface area contributed by atoms with Crippen molar-refractivity contribution in [1.82, 2.24) is 4.90 Å². The van der Waals surface area contributed by atoms with Gasteiger partial charge in [0.25, 0.3) is 0 Å². The van der Waals surface area contributed by atoms with Crippen LogP contribution in [0.2, 0.25) is 5.02 Å². The number of hydrogen-bond donors (Lipinski definition) is 2. The van der Waals surface area contributed by atoms with E-state index in [1.165, 1.54) is 11.1 Å². The van der Waals surface area contributed by atoms with Crippen LogP contribution in [0, 0.1) is 0 Å². The molecule has 0 saturated heterocycles. The van der Waals surface area contributed by atoms with Gasteiger partial charge in [-0.3, -0.25) is 4.90 Å². The van der Waals surface area contributed by atoms with Crippen LogP contribution in [-0.4, -0.2) is 24.0 Å². The molecule has 1 aliphatic rings. The molecule has 2 rings (SSSR count). The van der Waals surface area contributed by atoms with Gasteiger partial charge in [-0.1, -0.05) is 23.3 Å². The summed E-state index contributed by atoms with van der Waals surface area (Å²) in [7, 11) is 0. The number of nitrogens with zero attached hydrogens (tertiary/aromatic N) is 1. The minimum absolute atomic E-state index is 0.459. The predicted molar refractivity (Wildman–Crippen MR) is 83.7 cm³/mol. The quantitative estimate of drug-likeness (QED) is 0.643. The molecule has 3 nitrogen and oxygen atoms in total. The lowest BCUT2D eigenvalue weighted by Gasteiger charge is -2.25. The number of fused-ring (bicyclic) bond motifs is 1. The van der Waals surface area contributed by atoms with E-state index in [2.05, 4.69) is 37.1 Å². The summed E-state index contributed by atoms with van der Waals surface area (Å²) in [5, 5.41) is 4.15. The third-order valence-corrected chi connectivity index (χ3v) is 3.74. The highest BCUT2D eigenvalue weighted by Gasteiger charge is 2.21. The van der Waals surface area contributed by atoms with Gasteiger partial charge >= 0.3 is 0 Å². The monoisotopic (exact) mass is 279 g/mol. The molecule has 0 unspecified atom stereocenters. The highest BCUT2D eigenvalue weighted by Crippen LogP contribution is 2.31. The molecular weight excluding hydrogens is 258 g/mol. The molecular formula is C15H22ClN3. The average molecular weight is 280 g/mol. The van der Waals surface area contributed by atoms with Crippen molar-refractivity contribution in [3.8, 4) is 0 Å². The minimum Gasteiger partial charge on any atom is -0.397 e. The highest BCUT2D eigenvalue weighted by atomic mass is 35.5. The van der Waals surface area contributed by atoms with E-state index in [-0.39, 0.29) is 0 Å². The van der Waals surface area contributed by atoms with Crippen molar-refractivity contribution < 1.29 is 0 Å². The van der Waals surface area contributed by atoms with Crippen LogP contribution in [0.5, 0.6) is 0 Å². The summed E-state index contributed by atoms with van der Waals surface area (Å²) < 4.78 is 0. The van der Waals surface area contributed by atoms with Crippen molar-refractivity contribution in [3.63, 3.8) is 0 Å². The van der Waals surface area contributed by atoms with Gasteiger partial charge < -0.3 is 11.1 Å². The Labute approximate surface area is 120 Å². The van der Waals surface area contributed by atoms with Crippen molar-refractivity contribution in [2.45, 2.75) is 33.4 Å². The molecule has 1 aromatic carbocycles. The van der Waals surface area contributed by atoms with Crippen molar-refractivity contribution >= 4 is 23.0 Å². The highest BCUT2D eigenvalue weighted by molar-refractivity contribution is 6.31. The third-order valence-electron chi connectivity index (χ3n) is 3.52. The number of allylic oxidation sites excluding steroid dienone is 1. The molecule has 0 spiro atoms. The Morgan fingerprint density at radius 1 is 1.53 bits per heavy atom. The van der Waals surface area contributed by atoms with E-state index in [0.717, 1.165) is 31.0 Å². The summed E-state index contributed by atoms with van der Waals surface area (Å²) >= 11 is 6.11. The molecule has 1 heterocycles. The third kappa shape index (κ3) is 3.43. The first-order valence-electron chi connectivity index (χ1n) is 6.66.